The largest absolute Gasteiger partial charge is 0.454 e. The Hall–Kier alpha value is -3.92. The number of para-hydroxylation sites is 2. The number of benzene rings is 3. The van der Waals surface area contributed by atoms with Crippen LogP contribution in [0.25, 0.3) is 28.1 Å². The lowest BCUT2D eigenvalue weighted by Crippen LogP contribution is -1.93. The monoisotopic (exact) mass is 405 g/mol. The van der Waals surface area contributed by atoms with Crippen molar-refractivity contribution in [3.8, 4) is 17.1 Å². The van der Waals surface area contributed by atoms with Crippen LogP contribution >= 0.6 is 0 Å². The van der Waals surface area contributed by atoms with E-state index in [0.29, 0.717) is 5.92 Å². The van der Waals surface area contributed by atoms with Crippen LogP contribution in [-0.2, 0) is 0 Å². The van der Waals surface area contributed by atoms with Crippen molar-refractivity contribution in [2.24, 2.45) is 4.99 Å². The van der Waals surface area contributed by atoms with E-state index in [9.17, 15) is 0 Å². The highest BCUT2D eigenvalue weighted by molar-refractivity contribution is 5.91. The fraction of sp³-hybridized carbons (Fsp3) is 0.111. The Morgan fingerprint density at radius 2 is 1.65 bits per heavy atom. The van der Waals surface area contributed by atoms with Crippen LogP contribution in [0.4, 0.5) is 5.69 Å². The Morgan fingerprint density at radius 3 is 2.39 bits per heavy atom. The first-order chi connectivity index (χ1) is 15.2. The number of aromatic nitrogens is 2. The molecule has 0 unspecified atom stereocenters. The fourth-order valence-corrected chi connectivity index (χ4v) is 3.57. The van der Waals surface area contributed by atoms with Gasteiger partial charge in [0.05, 0.1) is 11.4 Å². The maximum absolute atomic E-state index is 6.10. The third-order valence-electron chi connectivity index (χ3n) is 5.33. The van der Waals surface area contributed by atoms with Crippen molar-refractivity contribution < 1.29 is 4.42 Å². The molecule has 5 rings (SSSR count). The highest BCUT2D eigenvalue weighted by Gasteiger charge is 2.15. The molecule has 4 nitrogen and oxygen atoms in total. The van der Waals surface area contributed by atoms with Gasteiger partial charge < -0.3 is 4.42 Å². The topological polar surface area (TPSA) is 43.3 Å². The summed E-state index contributed by atoms with van der Waals surface area (Å²) in [7, 11) is 0. The van der Waals surface area contributed by atoms with Crippen LogP contribution in [0.2, 0.25) is 0 Å². The molecule has 2 heterocycles. The van der Waals surface area contributed by atoms with E-state index in [1.54, 1.807) is 0 Å². The zero-order valence-corrected chi connectivity index (χ0v) is 17.6. The molecule has 0 spiro atoms. The maximum atomic E-state index is 6.10. The van der Waals surface area contributed by atoms with Crippen molar-refractivity contribution in [2.45, 2.75) is 19.8 Å². The lowest BCUT2D eigenvalue weighted by Gasteiger charge is -2.04. The molecule has 2 aromatic heterocycles. The van der Waals surface area contributed by atoms with Gasteiger partial charge in [-0.25, -0.2) is 4.68 Å². The van der Waals surface area contributed by atoms with Gasteiger partial charge in [-0.05, 0) is 47.9 Å². The van der Waals surface area contributed by atoms with Gasteiger partial charge in [-0.1, -0.05) is 62.4 Å². The third kappa shape index (κ3) is 3.92. The van der Waals surface area contributed by atoms with E-state index in [4.69, 9.17) is 14.5 Å². The van der Waals surface area contributed by atoms with Gasteiger partial charge in [-0.15, -0.1) is 0 Å². The molecular formula is C27H23N3O. The molecule has 0 fully saturated rings. The van der Waals surface area contributed by atoms with E-state index in [-0.39, 0.29) is 0 Å². The Bertz CT molecular complexity index is 1310. The van der Waals surface area contributed by atoms with Crippen LogP contribution in [0.1, 0.15) is 30.9 Å². The van der Waals surface area contributed by atoms with Crippen LogP contribution in [0, 0.1) is 0 Å². The van der Waals surface area contributed by atoms with Crippen molar-refractivity contribution in [2.75, 3.05) is 0 Å². The second-order valence-corrected chi connectivity index (χ2v) is 7.87. The molecule has 152 valence electrons. The van der Waals surface area contributed by atoms with Crippen LogP contribution in [0.15, 0.2) is 101 Å². The summed E-state index contributed by atoms with van der Waals surface area (Å²) in [5.74, 6) is 1.23. The molecule has 31 heavy (non-hydrogen) atoms. The van der Waals surface area contributed by atoms with E-state index in [1.165, 1.54) is 5.56 Å². The summed E-state index contributed by atoms with van der Waals surface area (Å²) in [5, 5.41) is 5.88. The summed E-state index contributed by atoms with van der Waals surface area (Å²) in [4.78, 5) is 4.70. The molecule has 0 amide bonds. The SMILES string of the molecule is CC(C)c1ccc(N=Cc2cn(-c3ccccc3)nc2-c2cc3ccccc3o2)cc1. The Balaban J connectivity index is 1.56. The van der Waals surface area contributed by atoms with Crippen molar-refractivity contribution in [1.29, 1.82) is 0 Å². The molecule has 0 aliphatic heterocycles. The Morgan fingerprint density at radius 1 is 0.903 bits per heavy atom. The zero-order valence-electron chi connectivity index (χ0n) is 17.6. The molecule has 0 radical (unpaired) electrons. The lowest BCUT2D eigenvalue weighted by atomic mass is 10.0. The Labute approximate surface area is 181 Å². The number of hydrogen-bond donors (Lipinski definition) is 0. The quantitative estimate of drug-likeness (QED) is 0.291. The molecule has 0 N–H and O–H groups in total. The number of furan rings is 1. The smallest absolute Gasteiger partial charge is 0.156 e. The van der Waals surface area contributed by atoms with Gasteiger partial charge >= 0.3 is 0 Å². The van der Waals surface area contributed by atoms with Gasteiger partial charge in [0.2, 0.25) is 0 Å². The van der Waals surface area contributed by atoms with Crippen LogP contribution in [-0.4, -0.2) is 16.0 Å². The first-order valence-corrected chi connectivity index (χ1v) is 10.5. The highest BCUT2D eigenvalue weighted by atomic mass is 16.3. The van der Waals surface area contributed by atoms with Crippen LogP contribution in [0.5, 0.6) is 0 Å². The molecule has 4 heteroatoms. The van der Waals surface area contributed by atoms with Crippen molar-refractivity contribution in [3.63, 3.8) is 0 Å². The molecule has 3 aromatic carbocycles. The van der Waals surface area contributed by atoms with E-state index in [1.807, 2.05) is 89.9 Å². The third-order valence-corrected chi connectivity index (χ3v) is 5.33. The number of rotatable bonds is 5. The average Bonchev–Trinajstić information content (AvgIpc) is 3.42. The van der Waals surface area contributed by atoms with Crippen LogP contribution < -0.4 is 0 Å². The van der Waals surface area contributed by atoms with E-state index in [0.717, 1.165) is 39.4 Å². The van der Waals surface area contributed by atoms with Crippen molar-refractivity contribution >= 4 is 22.9 Å². The van der Waals surface area contributed by atoms with E-state index < -0.39 is 0 Å². The fourth-order valence-electron chi connectivity index (χ4n) is 3.57. The predicted molar refractivity (Wildman–Crippen MR) is 127 cm³/mol. The van der Waals surface area contributed by atoms with Gasteiger partial charge in [-0.2, -0.15) is 5.10 Å². The summed E-state index contributed by atoms with van der Waals surface area (Å²) in [6, 6.07) is 28.4. The number of fused-ring (bicyclic) bond motifs is 1. The van der Waals surface area contributed by atoms with E-state index in [2.05, 4.69) is 26.0 Å². The summed E-state index contributed by atoms with van der Waals surface area (Å²) in [6.07, 6.45) is 3.85. The molecule has 0 atom stereocenters. The zero-order chi connectivity index (χ0) is 21.2. The predicted octanol–water partition coefficient (Wildman–Crippen LogP) is 7.16. The number of hydrogen-bond acceptors (Lipinski definition) is 3. The average molecular weight is 406 g/mol. The van der Waals surface area contributed by atoms with Gasteiger partial charge in [0.25, 0.3) is 0 Å². The minimum absolute atomic E-state index is 0.502. The van der Waals surface area contributed by atoms with Crippen molar-refractivity contribution in [1.82, 2.24) is 9.78 Å². The molecule has 5 aromatic rings. The minimum Gasteiger partial charge on any atom is -0.454 e. The van der Waals surface area contributed by atoms with Gasteiger partial charge in [0, 0.05) is 23.4 Å². The normalized spacial score (nSPS) is 11.7. The molecule has 0 saturated heterocycles. The van der Waals surface area contributed by atoms with Gasteiger partial charge in [-0.3, -0.25) is 4.99 Å². The summed E-state index contributed by atoms with van der Waals surface area (Å²) in [6.45, 7) is 4.38. The van der Waals surface area contributed by atoms with Gasteiger partial charge in [0.15, 0.2) is 5.76 Å². The summed E-state index contributed by atoms with van der Waals surface area (Å²) >= 11 is 0. The summed E-state index contributed by atoms with van der Waals surface area (Å²) < 4.78 is 7.97. The second kappa shape index (κ2) is 8.07. The standard InChI is InChI=1S/C27H23N3O/c1-19(2)20-12-14-23(15-13-20)28-17-22-18-30(24-9-4-3-5-10-24)29-27(22)26-16-21-8-6-7-11-25(21)31-26/h3-19H,1-2H3. The Kier molecular flexibility index (Phi) is 4.97. The molecule has 0 aliphatic rings. The first-order valence-electron chi connectivity index (χ1n) is 10.5. The molecule has 0 saturated carbocycles. The highest BCUT2D eigenvalue weighted by Crippen LogP contribution is 2.29. The van der Waals surface area contributed by atoms with E-state index >= 15 is 0 Å². The second-order valence-electron chi connectivity index (χ2n) is 7.87. The maximum Gasteiger partial charge on any atom is 0.156 e. The summed E-state index contributed by atoms with van der Waals surface area (Å²) in [5.41, 5.74) is 5.71. The number of aliphatic imine (C=N–C) groups is 1. The van der Waals surface area contributed by atoms with Crippen LogP contribution in [0.3, 0.4) is 0 Å². The lowest BCUT2D eigenvalue weighted by molar-refractivity contribution is 0.627. The molecule has 0 aliphatic carbocycles. The van der Waals surface area contributed by atoms with Crippen molar-refractivity contribution in [3.05, 3.63) is 102 Å². The molecular weight excluding hydrogens is 382 g/mol. The molecule has 0 bridgehead atoms. The first kappa shape index (κ1) is 19.1. The number of nitrogens with zero attached hydrogens (tertiary/aromatic N) is 3. The van der Waals surface area contributed by atoms with Gasteiger partial charge in [0.1, 0.15) is 11.3 Å². The minimum atomic E-state index is 0.502.